The average Bonchev–Trinajstić information content (AvgIpc) is 2.53. The fourth-order valence-electron chi connectivity index (χ4n) is 2.14. The van der Waals surface area contributed by atoms with Gasteiger partial charge < -0.3 is 10.6 Å². The predicted octanol–water partition coefficient (Wildman–Crippen LogP) is 2.72. The molecule has 2 aromatic rings. The SMILES string of the molecule is CCc1cc(NCCCNC(=O)c2cccc(F)c2)nc(C)n1. The predicted molar refractivity (Wildman–Crippen MR) is 88.0 cm³/mol. The lowest BCUT2D eigenvalue weighted by Crippen LogP contribution is -2.26. The third-order valence-electron chi connectivity index (χ3n) is 3.29. The van der Waals surface area contributed by atoms with Gasteiger partial charge in [-0.1, -0.05) is 13.0 Å². The number of halogens is 1. The molecule has 0 bridgehead atoms. The van der Waals surface area contributed by atoms with Crippen molar-refractivity contribution < 1.29 is 9.18 Å². The molecule has 1 heterocycles. The van der Waals surface area contributed by atoms with Crippen molar-refractivity contribution in [3.05, 3.63) is 53.2 Å². The van der Waals surface area contributed by atoms with Crippen molar-refractivity contribution in [3.8, 4) is 0 Å². The normalized spacial score (nSPS) is 10.4. The maximum absolute atomic E-state index is 13.1. The van der Waals surface area contributed by atoms with Gasteiger partial charge in [0.25, 0.3) is 5.91 Å². The van der Waals surface area contributed by atoms with Crippen LogP contribution in [0.5, 0.6) is 0 Å². The number of hydrogen-bond donors (Lipinski definition) is 2. The molecule has 0 atom stereocenters. The van der Waals surface area contributed by atoms with Crippen molar-refractivity contribution in [3.63, 3.8) is 0 Å². The molecule has 0 aliphatic rings. The van der Waals surface area contributed by atoms with E-state index >= 15 is 0 Å². The van der Waals surface area contributed by atoms with Gasteiger partial charge >= 0.3 is 0 Å². The smallest absolute Gasteiger partial charge is 0.251 e. The molecule has 1 aromatic carbocycles. The summed E-state index contributed by atoms with van der Waals surface area (Å²) in [7, 11) is 0. The summed E-state index contributed by atoms with van der Waals surface area (Å²) in [5.74, 6) is 0.859. The number of rotatable bonds is 7. The largest absolute Gasteiger partial charge is 0.370 e. The van der Waals surface area contributed by atoms with Crippen LogP contribution < -0.4 is 10.6 Å². The minimum atomic E-state index is -0.412. The van der Waals surface area contributed by atoms with Crippen molar-refractivity contribution in [2.45, 2.75) is 26.7 Å². The molecule has 2 N–H and O–H groups in total. The first kappa shape index (κ1) is 16.9. The Labute approximate surface area is 135 Å². The zero-order chi connectivity index (χ0) is 16.7. The number of aryl methyl sites for hydroxylation is 2. The third-order valence-corrected chi connectivity index (χ3v) is 3.29. The standard InChI is InChI=1S/C17H21FN4O/c1-3-15-11-16(22-12(2)21-15)19-8-5-9-20-17(23)13-6-4-7-14(18)10-13/h4,6-7,10-11H,3,5,8-9H2,1-2H3,(H,20,23)(H,19,21,22). The van der Waals surface area contributed by atoms with Crippen LogP contribution in [0, 0.1) is 12.7 Å². The first-order chi connectivity index (χ1) is 11.1. The van der Waals surface area contributed by atoms with E-state index in [0.717, 1.165) is 30.2 Å². The van der Waals surface area contributed by atoms with E-state index < -0.39 is 5.82 Å². The second kappa shape index (κ2) is 8.22. The molecule has 0 saturated heterocycles. The Morgan fingerprint density at radius 2 is 2.04 bits per heavy atom. The molecule has 0 radical (unpaired) electrons. The second-order valence-corrected chi connectivity index (χ2v) is 5.19. The van der Waals surface area contributed by atoms with E-state index in [-0.39, 0.29) is 5.91 Å². The van der Waals surface area contributed by atoms with Gasteiger partial charge in [0.15, 0.2) is 0 Å². The van der Waals surface area contributed by atoms with Crippen molar-refractivity contribution in [2.75, 3.05) is 18.4 Å². The molecule has 0 spiro atoms. The minimum absolute atomic E-state index is 0.268. The number of carbonyl (C=O) groups is 1. The summed E-state index contributed by atoms with van der Waals surface area (Å²) >= 11 is 0. The first-order valence-electron chi connectivity index (χ1n) is 7.70. The molecule has 1 amide bonds. The monoisotopic (exact) mass is 316 g/mol. The quantitative estimate of drug-likeness (QED) is 0.771. The highest BCUT2D eigenvalue weighted by Gasteiger charge is 2.05. The van der Waals surface area contributed by atoms with Gasteiger partial charge in [-0.2, -0.15) is 0 Å². The Balaban J connectivity index is 1.73. The van der Waals surface area contributed by atoms with Crippen LogP contribution in [-0.2, 0) is 6.42 Å². The summed E-state index contributed by atoms with van der Waals surface area (Å²) in [6, 6.07) is 7.58. The van der Waals surface area contributed by atoms with Gasteiger partial charge in [0.05, 0.1) is 0 Å². The molecular weight excluding hydrogens is 295 g/mol. The maximum atomic E-state index is 13.1. The average molecular weight is 316 g/mol. The van der Waals surface area contributed by atoms with Gasteiger partial charge in [0.2, 0.25) is 0 Å². The number of benzene rings is 1. The van der Waals surface area contributed by atoms with E-state index in [1.807, 2.05) is 19.9 Å². The van der Waals surface area contributed by atoms with Crippen molar-refractivity contribution in [1.82, 2.24) is 15.3 Å². The van der Waals surface area contributed by atoms with E-state index in [1.54, 1.807) is 6.07 Å². The molecule has 5 nitrogen and oxygen atoms in total. The molecule has 6 heteroatoms. The summed E-state index contributed by atoms with van der Waals surface area (Å²) in [4.78, 5) is 20.5. The Bertz CT molecular complexity index is 675. The van der Waals surface area contributed by atoms with Crippen LogP contribution in [0.1, 0.15) is 35.2 Å². The summed E-state index contributed by atoms with van der Waals surface area (Å²) < 4.78 is 13.1. The number of nitrogens with zero attached hydrogens (tertiary/aromatic N) is 2. The number of carbonyl (C=O) groups excluding carboxylic acids is 1. The summed E-state index contributed by atoms with van der Waals surface area (Å²) in [5, 5.41) is 5.99. The fraction of sp³-hybridized carbons (Fsp3) is 0.353. The number of nitrogens with one attached hydrogen (secondary N) is 2. The van der Waals surface area contributed by atoms with Crippen LogP contribution >= 0.6 is 0 Å². The van der Waals surface area contributed by atoms with Crippen LogP contribution in [0.25, 0.3) is 0 Å². The Morgan fingerprint density at radius 3 is 2.78 bits per heavy atom. The summed E-state index contributed by atoms with van der Waals surface area (Å²) in [6.07, 6.45) is 1.60. The molecule has 0 unspecified atom stereocenters. The van der Waals surface area contributed by atoms with E-state index in [9.17, 15) is 9.18 Å². The van der Waals surface area contributed by atoms with Gasteiger partial charge in [-0.05, 0) is 38.0 Å². The van der Waals surface area contributed by atoms with Gasteiger partial charge in [-0.3, -0.25) is 4.79 Å². The first-order valence-corrected chi connectivity index (χ1v) is 7.70. The molecule has 122 valence electrons. The summed E-state index contributed by atoms with van der Waals surface area (Å²) in [6.45, 7) is 5.10. The Hall–Kier alpha value is -2.50. The third kappa shape index (κ3) is 5.32. The zero-order valence-electron chi connectivity index (χ0n) is 13.4. The molecular formula is C17H21FN4O. The minimum Gasteiger partial charge on any atom is -0.370 e. The lowest BCUT2D eigenvalue weighted by atomic mass is 10.2. The number of aromatic nitrogens is 2. The highest BCUT2D eigenvalue weighted by Crippen LogP contribution is 2.07. The van der Waals surface area contributed by atoms with Crippen LogP contribution in [-0.4, -0.2) is 29.0 Å². The zero-order valence-corrected chi connectivity index (χ0v) is 13.4. The van der Waals surface area contributed by atoms with Crippen LogP contribution in [0.4, 0.5) is 10.2 Å². The Morgan fingerprint density at radius 1 is 1.22 bits per heavy atom. The van der Waals surface area contributed by atoms with Crippen molar-refractivity contribution in [1.29, 1.82) is 0 Å². The lowest BCUT2D eigenvalue weighted by Gasteiger charge is -2.09. The maximum Gasteiger partial charge on any atom is 0.251 e. The highest BCUT2D eigenvalue weighted by atomic mass is 19.1. The molecule has 23 heavy (non-hydrogen) atoms. The van der Waals surface area contributed by atoms with E-state index in [1.165, 1.54) is 18.2 Å². The van der Waals surface area contributed by atoms with E-state index in [4.69, 9.17) is 0 Å². The second-order valence-electron chi connectivity index (χ2n) is 5.19. The van der Waals surface area contributed by atoms with Crippen LogP contribution in [0.2, 0.25) is 0 Å². The van der Waals surface area contributed by atoms with Gasteiger partial charge in [0.1, 0.15) is 17.5 Å². The number of hydrogen-bond acceptors (Lipinski definition) is 4. The van der Waals surface area contributed by atoms with Gasteiger partial charge in [-0.15, -0.1) is 0 Å². The molecule has 0 aliphatic heterocycles. The van der Waals surface area contributed by atoms with Crippen molar-refractivity contribution >= 4 is 11.7 Å². The number of anilines is 1. The molecule has 2 rings (SSSR count). The van der Waals surface area contributed by atoms with Gasteiger partial charge in [-0.25, -0.2) is 14.4 Å². The molecule has 0 aliphatic carbocycles. The number of amides is 1. The Kier molecular flexibility index (Phi) is 6.02. The molecule has 0 saturated carbocycles. The van der Waals surface area contributed by atoms with Crippen LogP contribution in [0.3, 0.4) is 0 Å². The molecule has 1 aromatic heterocycles. The summed E-state index contributed by atoms with van der Waals surface area (Å²) in [5.41, 5.74) is 1.33. The molecule has 0 fully saturated rings. The lowest BCUT2D eigenvalue weighted by molar-refractivity contribution is 0.0953. The van der Waals surface area contributed by atoms with E-state index in [0.29, 0.717) is 18.7 Å². The van der Waals surface area contributed by atoms with Crippen LogP contribution in [0.15, 0.2) is 30.3 Å². The van der Waals surface area contributed by atoms with E-state index in [2.05, 4.69) is 20.6 Å². The fourth-order valence-corrected chi connectivity index (χ4v) is 2.14. The highest BCUT2D eigenvalue weighted by molar-refractivity contribution is 5.94. The topological polar surface area (TPSA) is 66.9 Å². The van der Waals surface area contributed by atoms with Crippen molar-refractivity contribution in [2.24, 2.45) is 0 Å². The van der Waals surface area contributed by atoms with Gasteiger partial charge in [0, 0.05) is 30.4 Å².